The summed E-state index contributed by atoms with van der Waals surface area (Å²) in [6.45, 7) is 0. The summed E-state index contributed by atoms with van der Waals surface area (Å²) in [5, 5.41) is 13.4. The Balaban J connectivity index is 1.56. The first-order valence-corrected chi connectivity index (χ1v) is 11.7. The quantitative estimate of drug-likeness (QED) is 0.703. The molecule has 30 heavy (non-hydrogen) atoms. The molecule has 4 rings (SSSR count). The van der Waals surface area contributed by atoms with Gasteiger partial charge in [0.15, 0.2) is 5.13 Å². The van der Waals surface area contributed by atoms with Crippen LogP contribution in [-0.2, 0) is 11.2 Å². The molecule has 0 aromatic carbocycles. The van der Waals surface area contributed by atoms with Gasteiger partial charge in [-0.15, -0.1) is 0 Å². The fraction of sp³-hybridized carbons (Fsp3) is 0.619. The Hall–Kier alpha value is -2.42. The molecule has 2 heterocycles. The van der Waals surface area contributed by atoms with Crippen molar-refractivity contribution in [1.29, 1.82) is 0 Å². The number of rotatable bonds is 6. The number of urea groups is 1. The highest BCUT2D eigenvalue weighted by molar-refractivity contribution is 7.18. The smallest absolute Gasteiger partial charge is 0.324 e. The number of nitrogens with one attached hydrogen (secondary N) is 1. The first kappa shape index (κ1) is 20.8. The first-order valence-electron chi connectivity index (χ1n) is 10.9. The third-order valence-electron chi connectivity index (χ3n) is 6.12. The maximum Gasteiger partial charge on any atom is 0.324 e. The van der Waals surface area contributed by atoms with Crippen LogP contribution in [0.15, 0.2) is 18.7 Å². The number of carbonyl (C=O) groups excluding carboxylic acids is 1. The second-order valence-corrected chi connectivity index (χ2v) is 9.21. The van der Waals surface area contributed by atoms with Gasteiger partial charge in [0, 0.05) is 24.5 Å². The predicted molar refractivity (Wildman–Crippen MR) is 115 cm³/mol. The van der Waals surface area contributed by atoms with Gasteiger partial charge in [0.25, 0.3) is 0 Å². The summed E-state index contributed by atoms with van der Waals surface area (Å²) in [5.74, 6) is -0.953. The summed E-state index contributed by atoms with van der Waals surface area (Å²) in [4.78, 5) is 35.3. The molecule has 2 saturated carbocycles. The molecule has 2 aliphatic rings. The molecule has 0 bridgehead atoms. The number of carbonyl (C=O) groups is 2. The van der Waals surface area contributed by atoms with E-state index in [-0.39, 0.29) is 24.5 Å². The van der Waals surface area contributed by atoms with Crippen molar-refractivity contribution in [2.45, 2.75) is 82.7 Å². The molecule has 0 aliphatic heterocycles. The lowest BCUT2D eigenvalue weighted by Gasteiger charge is -2.41. The third kappa shape index (κ3) is 4.83. The lowest BCUT2D eigenvalue weighted by Crippen LogP contribution is -2.50. The number of amides is 2. The van der Waals surface area contributed by atoms with Gasteiger partial charge >= 0.3 is 12.0 Å². The van der Waals surface area contributed by atoms with Crippen molar-refractivity contribution in [3.05, 3.63) is 24.4 Å². The zero-order valence-corrected chi connectivity index (χ0v) is 17.9. The number of imidazole rings is 1. The topological polar surface area (TPSA) is 100 Å². The summed E-state index contributed by atoms with van der Waals surface area (Å²) in [5.41, 5.74) is 0.433. The van der Waals surface area contributed by atoms with E-state index in [4.69, 9.17) is 0 Å². The van der Waals surface area contributed by atoms with Gasteiger partial charge in [0.1, 0.15) is 5.00 Å². The average Bonchev–Trinajstić information content (AvgIpc) is 3.39. The summed E-state index contributed by atoms with van der Waals surface area (Å²) < 4.78 is 1.74. The Morgan fingerprint density at radius 3 is 2.27 bits per heavy atom. The molecular formula is C21H29N5O3S. The number of carboxylic acid groups (broad SMARTS) is 1. The molecule has 8 nitrogen and oxygen atoms in total. The van der Waals surface area contributed by atoms with Gasteiger partial charge in [-0.1, -0.05) is 49.9 Å². The van der Waals surface area contributed by atoms with Gasteiger partial charge in [-0.2, -0.15) is 0 Å². The van der Waals surface area contributed by atoms with Gasteiger partial charge in [0.05, 0.1) is 18.4 Å². The van der Waals surface area contributed by atoms with Crippen molar-refractivity contribution in [2.24, 2.45) is 0 Å². The van der Waals surface area contributed by atoms with Crippen LogP contribution < -0.4 is 5.32 Å². The fourth-order valence-electron chi connectivity index (χ4n) is 4.74. The van der Waals surface area contributed by atoms with Gasteiger partial charge in [-0.3, -0.25) is 14.7 Å². The third-order valence-corrected chi connectivity index (χ3v) is 7.15. The van der Waals surface area contributed by atoms with Crippen molar-refractivity contribution in [2.75, 3.05) is 5.32 Å². The van der Waals surface area contributed by atoms with Gasteiger partial charge in [-0.05, 0) is 25.7 Å². The number of aromatic nitrogens is 3. The summed E-state index contributed by atoms with van der Waals surface area (Å²) in [7, 11) is 0. The van der Waals surface area contributed by atoms with E-state index < -0.39 is 5.97 Å². The fourth-order valence-corrected chi connectivity index (χ4v) is 5.67. The highest BCUT2D eigenvalue weighted by atomic mass is 32.1. The Morgan fingerprint density at radius 1 is 1.10 bits per heavy atom. The van der Waals surface area contributed by atoms with E-state index in [9.17, 15) is 14.7 Å². The summed E-state index contributed by atoms with van der Waals surface area (Å²) in [6, 6.07) is 0.475. The Kier molecular flexibility index (Phi) is 6.66. The SMILES string of the molecule is O=C(O)Cc1nc(NC(=O)N(C2CCCCC2)C2CCCCC2)sc1-n1ccnc1. The van der Waals surface area contributed by atoms with Crippen LogP contribution in [0.4, 0.5) is 9.93 Å². The number of hydrogen-bond acceptors (Lipinski definition) is 5. The van der Waals surface area contributed by atoms with E-state index in [1.165, 1.54) is 49.9 Å². The highest BCUT2D eigenvalue weighted by Gasteiger charge is 2.33. The second kappa shape index (κ2) is 9.59. The van der Waals surface area contributed by atoms with Crippen molar-refractivity contribution in [3.8, 4) is 5.00 Å². The second-order valence-electron chi connectivity index (χ2n) is 8.23. The summed E-state index contributed by atoms with van der Waals surface area (Å²) in [6.07, 6.45) is 16.2. The standard InChI is InChI=1S/C21H29N5O3S/c27-18(28)13-17-19(25-12-11-22-14-25)30-20(23-17)24-21(29)26(15-7-3-1-4-8-15)16-9-5-2-6-10-16/h11-12,14-16H,1-10,13H2,(H,27,28)(H,23,24,29). The zero-order valence-electron chi connectivity index (χ0n) is 17.1. The molecule has 0 unspecified atom stereocenters. The lowest BCUT2D eigenvalue weighted by atomic mass is 9.89. The number of thiazole rings is 1. The van der Waals surface area contributed by atoms with Crippen LogP contribution in [0.2, 0.25) is 0 Å². The zero-order chi connectivity index (χ0) is 20.9. The van der Waals surface area contributed by atoms with Crippen molar-refractivity contribution < 1.29 is 14.7 Å². The number of carboxylic acids is 1. The normalized spacial score (nSPS) is 18.3. The van der Waals surface area contributed by atoms with Crippen molar-refractivity contribution in [1.82, 2.24) is 19.4 Å². The van der Waals surface area contributed by atoms with Gasteiger partial charge in [-0.25, -0.2) is 14.8 Å². The van der Waals surface area contributed by atoms with Crippen LogP contribution in [0.1, 0.15) is 69.9 Å². The van der Waals surface area contributed by atoms with Crippen LogP contribution in [0, 0.1) is 0 Å². The summed E-state index contributed by atoms with van der Waals surface area (Å²) >= 11 is 1.29. The minimum absolute atomic E-state index is 0.0957. The molecule has 2 amide bonds. The highest BCUT2D eigenvalue weighted by Crippen LogP contribution is 2.32. The maximum atomic E-state index is 13.4. The number of aliphatic carboxylic acids is 1. The van der Waals surface area contributed by atoms with Crippen LogP contribution in [-0.4, -0.2) is 48.6 Å². The number of nitrogens with zero attached hydrogens (tertiary/aromatic N) is 4. The average molecular weight is 432 g/mol. The Labute approximate surface area is 180 Å². The number of hydrogen-bond donors (Lipinski definition) is 2. The maximum absolute atomic E-state index is 13.4. The van der Waals surface area contributed by atoms with E-state index >= 15 is 0 Å². The molecular weight excluding hydrogens is 402 g/mol. The molecule has 9 heteroatoms. The van der Waals surface area contributed by atoms with Gasteiger partial charge in [0.2, 0.25) is 0 Å². The molecule has 0 saturated heterocycles. The minimum atomic E-state index is -0.953. The van der Waals surface area contributed by atoms with Crippen LogP contribution in [0.5, 0.6) is 0 Å². The van der Waals surface area contributed by atoms with E-state index in [1.54, 1.807) is 23.3 Å². The molecule has 2 aliphatic carbocycles. The van der Waals surface area contributed by atoms with Crippen LogP contribution in [0.3, 0.4) is 0 Å². The van der Waals surface area contributed by atoms with E-state index in [0.717, 1.165) is 25.7 Å². The van der Waals surface area contributed by atoms with Crippen molar-refractivity contribution in [3.63, 3.8) is 0 Å². The monoisotopic (exact) mass is 431 g/mol. The Bertz CT molecular complexity index is 836. The molecule has 0 spiro atoms. The van der Waals surface area contributed by atoms with Crippen LogP contribution in [0.25, 0.3) is 5.00 Å². The van der Waals surface area contributed by atoms with E-state index in [2.05, 4.69) is 20.2 Å². The predicted octanol–water partition coefficient (Wildman–Crippen LogP) is 4.46. The van der Waals surface area contributed by atoms with Crippen LogP contribution >= 0.6 is 11.3 Å². The molecule has 2 aromatic heterocycles. The minimum Gasteiger partial charge on any atom is -0.481 e. The molecule has 2 aromatic rings. The first-order chi connectivity index (χ1) is 14.6. The Morgan fingerprint density at radius 2 is 1.73 bits per heavy atom. The largest absolute Gasteiger partial charge is 0.481 e. The molecule has 162 valence electrons. The lowest BCUT2D eigenvalue weighted by molar-refractivity contribution is -0.136. The molecule has 0 atom stereocenters. The molecule has 0 radical (unpaired) electrons. The van der Waals surface area contributed by atoms with Crippen molar-refractivity contribution >= 4 is 28.5 Å². The van der Waals surface area contributed by atoms with E-state index in [0.29, 0.717) is 15.8 Å². The molecule has 2 fully saturated rings. The molecule has 2 N–H and O–H groups in total. The van der Waals surface area contributed by atoms with E-state index in [1.807, 2.05) is 0 Å². The number of anilines is 1. The van der Waals surface area contributed by atoms with Gasteiger partial charge < -0.3 is 10.0 Å².